The summed E-state index contributed by atoms with van der Waals surface area (Å²) in [4.78, 5) is 27.4. The molecule has 2 aromatic rings. The van der Waals surface area contributed by atoms with Gasteiger partial charge in [0.1, 0.15) is 0 Å². The Morgan fingerprint density at radius 2 is 1.63 bits per heavy atom. The SMILES string of the molecule is O=C(Nc1ccc(C(=O)OC[C@@H]2CCCN3CCCC[C@@H]23)cc1)c1ccc(Cl)cc1. The number of carbonyl (C=O) groups is 2. The molecule has 0 spiro atoms. The molecule has 0 saturated carbocycles. The maximum atomic E-state index is 12.5. The number of hydrogen-bond acceptors (Lipinski definition) is 4. The summed E-state index contributed by atoms with van der Waals surface area (Å²) in [6, 6.07) is 14.1. The molecule has 2 aromatic carbocycles. The summed E-state index contributed by atoms with van der Waals surface area (Å²) in [5.41, 5.74) is 1.64. The minimum atomic E-state index is -0.307. The topological polar surface area (TPSA) is 58.6 Å². The summed E-state index contributed by atoms with van der Waals surface area (Å²) in [6.07, 6.45) is 6.08. The van der Waals surface area contributed by atoms with Crippen LogP contribution in [0.25, 0.3) is 0 Å². The third-order valence-electron chi connectivity index (χ3n) is 6.14. The highest BCUT2D eigenvalue weighted by molar-refractivity contribution is 6.30. The summed E-state index contributed by atoms with van der Waals surface area (Å²) in [5, 5.41) is 3.40. The monoisotopic (exact) mass is 426 g/mol. The number of nitrogens with one attached hydrogen (secondary N) is 1. The van der Waals surface area contributed by atoms with Gasteiger partial charge in [-0.25, -0.2) is 4.79 Å². The fourth-order valence-corrected chi connectivity index (χ4v) is 4.66. The molecule has 0 unspecified atom stereocenters. The van der Waals surface area contributed by atoms with Crippen molar-refractivity contribution >= 4 is 29.2 Å². The maximum absolute atomic E-state index is 12.5. The molecule has 2 aliphatic rings. The van der Waals surface area contributed by atoms with Crippen LogP contribution in [-0.2, 0) is 4.74 Å². The van der Waals surface area contributed by atoms with Gasteiger partial charge in [0.25, 0.3) is 5.91 Å². The largest absolute Gasteiger partial charge is 0.462 e. The van der Waals surface area contributed by atoms with E-state index in [0.717, 1.165) is 6.42 Å². The first kappa shape index (κ1) is 20.9. The van der Waals surface area contributed by atoms with E-state index in [1.165, 1.54) is 38.8 Å². The van der Waals surface area contributed by atoms with Crippen LogP contribution in [-0.4, -0.2) is 42.5 Å². The van der Waals surface area contributed by atoms with E-state index in [1.807, 2.05) is 0 Å². The molecule has 1 N–H and O–H groups in total. The van der Waals surface area contributed by atoms with Crippen LogP contribution in [0.5, 0.6) is 0 Å². The van der Waals surface area contributed by atoms with E-state index in [1.54, 1.807) is 48.5 Å². The molecule has 0 aromatic heterocycles. The highest BCUT2D eigenvalue weighted by Crippen LogP contribution is 2.31. The number of hydrogen-bond donors (Lipinski definition) is 1. The molecule has 5 nitrogen and oxygen atoms in total. The summed E-state index contributed by atoms with van der Waals surface area (Å²) >= 11 is 5.85. The molecular weight excluding hydrogens is 400 g/mol. The number of fused-ring (bicyclic) bond motifs is 1. The van der Waals surface area contributed by atoms with Gasteiger partial charge >= 0.3 is 5.97 Å². The van der Waals surface area contributed by atoms with Gasteiger partial charge in [-0.05, 0) is 87.3 Å². The predicted molar refractivity (Wildman–Crippen MR) is 118 cm³/mol. The van der Waals surface area contributed by atoms with Gasteiger partial charge in [-0.3, -0.25) is 9.69 Å². The summed E-state index contributed by atoms with van der Waals surface area (Å²) in [5.74, 6) is -0.101. The molecule has 2 heterocycles. The zero-order valence-corrected chi connectivity index (χ0v) is 17.7. The number of rotatable bonds is 5. The fraction of sp³-hybridized carbons (Fsp3) is 0.417. The average molecular weight is 427 g/mol. The third-order valence-corrected chi connectivity index (χ3v) is 6.39. The highest BCUT2D eigenvalue weighted by atomic mass is 35.5. The lowest BCUT2D eigenvalue weighted by Crippen LogP contribution is -2.49. The first-order chi connectivity index (χ1) is 14.6. The molecule has 2 atom stereocenters. The van der Waals surface area contributed by atoms with Gasteiger partial charge in [-0.15, -0.1) is 0 Å². The number of carbonyl (C=O) groups excluding carboxylic acids is 2. The smallest absolute Gasteiger partial charge is 0.338 e. The van der Waals surface area contributed by atoms with Crippen LogP contribution in [0.4, 0.5) is 5.69 Å². The molecule has 158 valence electrons. The molecule has 2 aliphatic heterocycles. The third kappa shape index (κ3) is 5.02. The predicted octanol–water partition coefficient (Wildman–Crippen LogP) is 5.01. The molecule has 2 saturated heterocycles. The fourth-order valence-electron chi connectivity index (χ4n) is 4.53. The van der Waals surface area contributed by atoms with Crippen LogP contribution < -0.4 is 5.32 Å². The van der Waals surface area contributed by atoms with Gasteiger partial charge in [-0.1, -0.05) is 18.0 Å². The second kappa shape index (κ2) is 9.63. The minimum Gasteiger partial charge on any atom is -0.462 e. The Hall–Kier alpha value is -2.37. The van der Waals surface area contributed by atoms with Gasteiger partial charge in [0.05, 0.1) is 12.2 Å². The summed E-state index contributed by atoms with van der Waals surface area (Å²) in [7, 11) is 0. The quantitative estimate of drug-likeness (QED) is 0.682. The molecule has 6 heteroatoms. The van der Waals surface area contributed by atoms with E-state index in [2.05, 4.69) is 10.2 Å². The van der Waals surface area contributed by atoms with Crippen LogP contribution in [0.15, 0.2) is 48.5 Å². The minimum absolute atomic E-state index is 0.226. The average Bonchev–Trinajstić information content (AvgIpc) is 2.78. The molecule has 4 rings (SSSR count). The number of benzene rings is 2. The Kier molecular flexibility index (Phi) is 6.70. The van der Waals surface area contributed by atoms with Crippen molar-refractivity contribution in [2.24, 2.45) is 5.92 Å². The number of anilines is 1. The number of esters is 1. The molecule has 2 fully saturated rings. The number of nitrogens with zero attached hydrogens (tertiary/aromatic N) is 1. The normalized spacial score (nSPS) is 21.5. The van der Waals surface area contributed by atoms with Crippen molar-refractivity contribution in [1.29, 1.82) is 0 Å². The molecule has 0 bridgehead atoms. The molecule has 0 aliphatic carbocycles. The second-order valence-electron chi connectivity index (χ2n) is 8.14. The van der Waals surface area contributed by atoms with Crippen LogP contribution >= 0.6 is 11.6 Å². The Balaban J connectivity index is 1.30. The van der Waals surface area contributed by atoms with Gasteiger partial charge < -0.3 is 10.1 Å². The van der Waals surface area contributed by atoms with Crippen molar-refractivity contribution < 1.29 is 14.3 Å². The van der Waals surface area contributed by atoms with Crippen molar-refractivity contribution in [3.63, 3.8) is 0 Å². The second-order valence-corrected chi connectivity index (χ2v) is 8.57. The van der Waals surface area contributed by atoms with Crippen molar-refractivity contribution in [1.82, 2.24) is 4.90 Å². The van der Waals surface area contributed by atoms with E-state index in [9.17, 15) is 9.59 Å². The maximum Gasteiger partial charge on any atom is 0.338 e. The lowest BCUT2D eigenvalue weighted by molar-refractivity contribution is 0.00739. The number of piperidine rings is 2. The number of amides is 1. The number of halogens is 1. The zero-order chi connectivity index (χ0) is 20.9. The molecule has 1 amide bonds. The lowest BCUT2D eigenvalue weighted by Gasteiger charge is -2.44. The highest BCUT2D eigenvalue weighted by Gasteiger charge is 2.33. The Bertz CT molecular complexity index is 880. The van der Waals surface area contributed by atoms with Gasteiger partial charge in [0.15, 0.2) is 0 Å². The first-order valence-corrected chi connectivity index (χ1v) is 11.1. The summed E-state index contributed by atoms with van der Waals surface area (Å²) in [6.45, 7) is 2.84. The van der Waals surface area contributed by atoms with Gasteiger partial charge in [-0.2, -0.15) is 0 Å². The van der Waals surface area contributed by atoms with E-state index in [-0.39, 0.29) is 11.9 Å². The van der Waals surface area contributed by atoms with Crippen molar-refractivity contribution in [3.05, 3.63) is 64.7 Å². The van der Waals surface area contributed by atoms with Crippen LogP contribution in [0.3, 0.4) is 0 Å². The Morgan fingerprint density at radius 3 is 2.40 bits per heavy atom. The van der Waals surface area contributed by atoms with Gasteiger partial charge in [0, 0.05) is 28.2 Å². The van der Waals surface area contributed by atoms with E-state index in [0.29, 0.717) is 40.4 Å². The van der Waals surface area contributed by atoms with E-state index >= 15 is 0 Å². The van der Waals surface area contributed by atoms with Crippen molar-refractivity contribution in [3.8, 4) is 0 Å². The van der Waals surface area contributed by atoms with Gasteiger partial charge in [0.2, 0.25) is 0 Å². The van der Waals surface area contributed by atoms with Crippen molar-refractivity contribution in [2.45, 2.75) is 38.1 Å². The molecule has 30 heavy (non-hydrogen) atoms. The van der Waals surface area contributed by atoms with Crippen LogP contribution in [0.1, 0.15) is 52.8 Å². The molecular formula is C24H27ClN2O3. The Labute approximate surface area is 182 Å². The Morgan fingerprint density at radius 1 is 0.933 bits per heavy atom. The van der Waals surface area contributed by atoms with E-state index < -0.39 is 0 Å². The van der Waals surface area contributed by atoms with Crippen LogP contribution in [0.2, 0.25) is 5.02 Å². The first-order valence-electron chi connectivity index (χ1n) is 10.7. The van der Waals surface area contributed by atoms with Crippen LogP contribution in [0, 0.1) is 5.92 Å². The number of ether oxygens (including phenoxy) is 1. The standard InChI is InChI=1S/C24H27ClN2O3/c25-20-10-6-17(7-11-20)23(28)26-21-12-8-18(9-13-21)24(29)30-16-19-4-3-15-27-14-2-1-5-22(19)27/h6-13,19,22H,1-5,14-16H2,(H,26,28)/t19-,22-/m0/s1. The van der Waals surface area contributed by atoms with Crippen molar-refractivity contribution in [2.75, 3.05) is 25.0 Å². The van der Waals surface area contributed by atoms with E-state index in [4.69, 9.17) is 16.3 Å². The summed E-state index contributed by atoms with van der Waals surface area (Å²) < 4.78 is 5.65. The zero-order valence-electron chi connectivity index (χ0n) is 17.0. The lowest BCUT2D eigenvalue weighted by atomic mass is 9.84. The molecule has 0 radical (unpaired) electrons.